The second-order valence-corrected chi connectivity index (χ2v) is 9.78. The molecule has 1 aromatic rings. The van der Waals surface area contributed by atoms with Crippen LogP contribution in [0.25, 0.3) is 0 Å². The van der Waals surface area contributed by atoms with Crippen LogP contribution in [-0.2, 0) is 24.5 Å². The van der Waals surface area contributed by atoms with Gasteiger partial charge >= 0.3 is 0 Å². The molecular weight excluding hydrogens is 396 g/mol. The fourth-order valence-corrected chi connectivity index (χ4v) is 7.00. The third kappa shape index (κ3) is 2.82. The van der Waals surface area contributed by atoms with E-state index >= 15 is 0 Å². The molecule has 31 heavy (non-hydrogen) atoms. The van der Waals surface area contributed by atoms with Crippen LogP contribution in [-0.4, -0.2) is 66.6 Å². The zero-order valence-electron chi connectivity index (χ0n) is 18.7. The van der Waals surface area contributed by atoms with Crippen LogP contribution in [0.2, 0.25) is 0 Å². The van der Waals surface area contributed by atoms with Crippen LogP contribution in [0, 0.1) is 17.8 Å². The highest BCUT2D eigenvalue weighted by molar-refractivity contribution is 5.96. The average molecular weight is 429 g/mol. The third-order valence-corrected chi connectivity index (χ3v) is 8.45. The van der Waals surface area contributed by atoms with E-state index in [-0.39, 0.29) is 47.8 Å². The normalized spacial score (nSPS) is 40.2. The summed E-state index contributed by atoms with van der Waals surface area (Å²) in [6.45, 7) is 6.31. The Hall–Kier alpha value is -1.96. The number of carbonyl (C=O) groups is 2. The molecule has 168 valence electrons. The highest BCUT2D eigenvalue weighted by Crippen LogP contribution is 2.62. The van der Waals surface area contributed by atoms with Crippen molar-refractivity contribution in [3.8, 4) is 0 Å². The Labute approximate surface area is 183 Å². The third-order valence-electron chi connectivity index (χ3n) is 8.45. The number of aliphatic hydroxyl groups excluding tert-OH is 1. The van der Waals surface area contributed by atoms with Crippen LogP contribution in [0.5, 0.6) is 0 Å². The van der Waals surface area contributed by atoms with Gasteiger partial charge in [-0.3, -0.25) is 9.59 Å². The lowest BCUT2D eigenvalue weighted by Crippen LogP contribution is -2.70. The standard InChI is InChI=1S/C24H32N2O5/c1-13-21-16-11-20(31-23(21)29)24(9-10-25(4)14(2)27)18-7-5-6-8-19(18)26(15(3)28)22(24)17(16)12-30-13/h5-8,13,16-17,20-23,29H,9-12H2,1-4H3/t13-,16?,17?,20+,21?,22?,23+,24?/m1/s1. The lowest BCUT2D eigenvalue weighted by Gasteiger charge is -2.61. The van der Waals surface area contributed by atoms with Crippen molar-refractivity contribution in [1.82, 2.24) is 4.90 Å². The van der Waals surface area contributed by atoms with Gasteiger partial charge in [0.1, 0.15) is 0 Å². The number of para-hydroxylation sites is 1. The van der Waals surface area contributed by atoms with Crippen molar-refractivity contribution >= 4 is 17.5 Å². The second kappa shape index (κ2) is 7.29. The van der Waals surface area contributed by atoms with Gasteiger partial charge in [0.2, 0.25) is 11.8 Å². The monoisotopic (exact) mass is 428 g/mol. The summed E-state index contributed by atoms with van der Waals surface area (Å²) in [4.78, 5) is 28.6. The molecule has 3 fully saturated rings. The largest absolute Gasteiger partial charge is 0.378 e. The Morgan fingerprint density at radius 3 is 2.71 bits per heavy atom. The van der Waals surface area contributed by atoms with Crippen LogP contribution in [0.4, 0.5) is 5.69 Å². The van der Waals surface area contributed by atoms with E-state index in [1.54, 1.807) is 25.8 Å². The number of carbonyl (C=O) groups excluding carboxylic acids is 2. The van der Waals surface area contributed by atoms with Crippen molar-refractivity contribution in [2.24, 2.45) is 17.8 Å². The molecule has 3 heterocycles. The van der Waals surface area contributed by atoms with E-state index in [0.29, 0.717) is 19.6 Å². The predicted octanol–water partition coefficient (Wildman–Crippen LogP) is 1.92. The first-order valence-corrected chi connectivity index (χ1v) is 11.3. The SMILES string of the molecule is CC(=O)N(C)CCC12c3ccccc3N(C(C)=O)C1C1CO[C@H](C)C3C1C[C@@H]2O[C@@H]3O. The number of fused-ring (bicyclic) bond motifs is 6. The molecule has 1 aliphatic carbocycles. The molecule has 3 aliphatic heterocycles. The molecule has 5 rings (SSSR count). The number of nitrogens with zero attached hydrogens (tertiary/aromatic N) is 2. The van der Waals surface area contributed by atoms with Gasteiger partial charge in [0.15, 0.2) is 6.29 Å². The van der Waals surface area contributed by atoms with E-state index in [2.05, 4.69) is 6.07 Å². The number of rotatable bonds is 3. The van der Waals surface area contributed by atoms with Gasteiger partial charge < -0.3 is 24.4 Å². The van der Waals surface area contributed by atoms with E-state index < -0.39 is 11.7 Å². The quantitative estimate of drug-likeness (QED) is 0.796. The predicted molar refractivity (Wildman–Crippen MR) is 114 cm³/mol. The van der Waals surface area contributed by atoms with Gasteiger partial charge in [-0.1, -0.05) is 18.2 Å². The molecule has 1 N–H and O–H groups in total. The van der Waals surface area contributed by atoms with Crippen LogP contribution in [0.15, 0.2) is 24.3 Å². The maximum atomic E-state index is 13.0. The summed E-state index contributed by atoms with van der Waals surface area (Å²) in [6, 6.07) is 7.95. The summed E-state index contributed by atoms with van der Waals surface area (Å²) in [6.07, 6.45) is 0.309. The average Bonchev–Trinajstić information content (AvgIpc) is 3.03. The molecule has 2 saturated heterocycles. The molecule has 2 amide bonds. The number of ether oxygens (including phenoxy) is 2. The van der Waals surface area contributed by atoms with Crippen molar-refractivity contribution in [2.45, 2.75) is 63.6 Å². The fraction of sp³-hybridized carbons (Fsp3) is 0.667. The summed E-state index contributed by atoms with van der Waals surface area (Å²) in [7, 11) is 1.81. The molecule has 8 atom stereocenters. The van der Waals surface area contributed by atoms with Gasteiger partial charge in [0.05, 0.1) is 24.9 Å². The molecule has 0 spiro atoms. The van der Waals surface area contributed by atoms with Crippen LogP contribution in [0.3, 0.4) is 0 Å². The van der Waals surface area contributed by atoms with E-state index in [4.69, 9.17) is 9.47 Å². The molecule has 2 bridgehead atoms. The van der Waals surface area contributed by atoms with Crippen LogP contribution in [0.1, 0.15) is 39.2 Å². The van der Waals surface area contributed by atoms with E-state index in [9.17, 15) is 14.7 Å². The second-order valence-electron chi connectivity index (χ2n) is 9.78. The highest BCUT2D eigenvalue weighted by Gasteiger charge is 2.68. The minimum atomic E-state index is -0.886. The molecule has 7 nitrogen and oxygen atoms in total. The van der Waals surface area contributed by atoms with Crippen molar-refractivity contribution < 1.29 is 24.2 Å². The molecule has 7 heteroatoms. The molecular formula is C24H32N2O5. The minimum absolute atomic E-state index is 0.00920. The maximum Gasteiger partial charge on any atom is 0.224 e. The number of aliphatic hydroxyl groups is 1. The van der Waals surface area contributed by atoms with Gasteiger partial charge in [-0.25, -0.2) is 0 Å². The van der Waals surface area contributed by atoms with E-state index in [1.807, 2.05) is 30.0 Å². The molecule has 0 aromatic heterocycles. The smallest absolute Gasteiger partial charge is 0.224 e. The summed E-state index contributed by atoms with van der Waals surface area (Å²) in [5, 5.41) is 11.0. The number of hydrogen-bond donors (Lipinski definition) is 1. The van der Waals surface area contributed by atoms with Gasteiger partial charge in [0, 0.05) is 50.4 Å². The Bertz CT molecular complexity index is 906. The first-order valence-electron chi connectivity index (χ1n) is 11.3. The van der Waals surface area contributed by atoms with Crippen molar-refractivity contribution in [3.63, 3.8) is 0 Å². The summed E-state index contributed by atoms with van der Waals surface area (Å²) >= 11 is 0. The number of anilines is 1. The summed E-state index contributed by atoms with van der Waals surface area (Å²) < 4.78 is 12.5. The van der Waals surface area contributed by atoms with E-state index in [0.717, 1.165) is 17.7 Å². The summed E-state index contributed by atoms with van der Waals surface area (Å²) in [5.74, 6) is 0.267. The summed E-state index contributed by atoms with van der Waals surface area (Å²) in [5.41, 5.74) is 1.51. The van der Waals surface area contributed by atoms with E-state index in [1.165, 1.54) is 0 Å². The molecule has 4 aliphatic rings. The fourth-order valence-electron chi connectivity index (χ4n) is 7.00. The molecule has 1 saturated carbocycles. The zero-order chi connectivity index (χ0) is 22.1. The van der Waals surface area contributed by atoms with Gasteiger partial charge in [-0.05, 0) is 37.3 Å². The number of amides is 2. The molecule has 5 unspecified atom stereocenters. The van der Waals surface area contributed by atoms with Gasteiger partial charge in [-0.2, -0.15) is 0 Å². The van der Waals surface area contributed by atoms with Gasteiger partial charge in [0.25, 0.3) is 0 Å². The highest BCUT2D eigenvalue weighted by atomic mass is 16.6. The van der Waals surface area contributed by atoms with Crippen molar-refractivity contribution in [1.29, 1.82) is 0 Å². The van der Waals surface area contributed by atoms with Crippen molar-refractivity contribution in [3.05, 3.63) is 29.8 Å². The number of hydrogen-bond acceptors (Lipinski definition) is 5. The Morgan fingerprint density at radius 2 is 2.00 bits per heavy atom. The van der Waals surface area contributed by atoms with Crippen molar-refractivity contribution in [2.75, 3.05) is 25.1 Å². The topological polar surface area (TPSA) is 79.3 Å². The zero-order valence-corrected chi connectivity index (χ0v) is 18.7. The van der Waals surface area contributed by atoms with Crippen LogP contribution < -0.4 is 4.90 Å². The lowest BCUT2D eigenvalue weighted by molar-refractivity contribution is -0.297. The Morgan fingerprint density at radius 1 is 1.26 bits per heavy atom. The Balaban J connectivity index is 1.67. The first-order chi connectivity index (χ1) is 14.8. The maximum absolute atomic E-state index is 13.0. The lowest BCUT2D eigenvalue weighted by atomic mass is 9.53. The Kier molecular flexibility index (Phi) is 4.92. The number of benzene rings is 1. The van der Waals surface area contributed by atoms with Gasteiger partial charge in [-0.15, -0.1) is 0 Å². The first kappa shape index (κ1) is 20.9. The molecule has 0 radical (unpaired) electrons. The minimum Gasteiger partial charge on any atom is -0.378 e. The molecule has 1 aromatic carbocycles. The van der Waals surface area contributed by atoms with Crippen LogP contribution >= 0.6 is 0 Å².